The molecule has 6 nitrogen and oxygen atoms in total. The van der Waals surface area contributed by atoms with Crippen LogP contribution >= 0.6 is 11.6 Å². The first kappa shape index (κ1) is 16.9. The Morgan fingerprint density at radius 1 is 1.07 bits per heavy atom. The monoisotopic (exact) mass is 391 g/mol. The van der Waals surface area contributed by atoms with Gasteiger partial charge in [-0.05, 0) is 53.8 Å². The maximum atomic E-state index is 13.7. The van der Waals surface area contributed by atoms with E-state index in [1.54, 1.807) is 41.6 Å². The maximum Gasteiger partial charge on any atom is 0.335 e. The van der Waals surface area contributed by atoms with E-state index in [9.17, 15) is 14.7 Å². The van der Waals surface area contributed by atoms with Crippen LogP contribution in [0.3, 0.4) is 0 Å². The van der Waals surface area contributed by atoms with Crippen LogP contribution in [0.1, 0.15) is 27.0 Å². The van der Waals surface area contributed by atoms with E-state index in [0.717, 1.165) is 22.4 Å². The number of halogens is 1. The Morgan fingerprint density at radius 2 is 1.82 bits per heavy atom. The molecule has 5 rings (SSSR count). The van der Waals surface area contributed by atoms with E-state index in [0.29, 0.717) is 23.6 Å². The summed E-state index contributed by atoms with van der Waals surface area (Å²) >= 11 is 6.23. The molecule has 2 aromatic carbocycles. The molecule has 1 N–H and O–H groups in total. The van der Waals surface area contributed by atoms with E-state index in [1.807, 2.05) is 12.1 Å². The lowest BCUT2D eigenvalue weighted by molar-refractivity contribution is -0.122. The number of fused-ring (bicyclic) bond motifs is 3. The highest BCUT2D eigenvalue weighted by atomic mass is 35.5. The van der Waals surface area contributed by atoms with Gasteiger partial charge in [-0.1, -0.05) is 23.7 Å². The third-order valence-corrected chi connectivity index (χ3v) is 5.81. The number of carboxylic acid groups (broad SMARTS) is 1. The van der Waals surface area contributed by atoms with Gasteiger partial charge in [0.05, 0.1) is 34.7 Å². The van der Waals surface area contributed by atoms with Crippen molar-refractivity contribution in [2.45, 2.75) is 18.3 Å². The molecule has 1 amide bonds. The molecule has 1 aliphatic heterocycles. The van der Waals surface area contributed by atoms with Crippen molar-refractivity contribution >= 4 is 34.9 Å². The summed E-state index contributed by atoms with van der Waals surface area (Å²) in [5.41, 5.74) is 3.51. The Hall–Kier alpha value is -3.25. The highest BCUT2D eigenvalue weighted by Crippen LogP contribution is 2.52. The number of carboxylic acids is 1. The number of amides is 1. The fraction of sp³-hybridized carbons (Fsp3) is 0.143. The second-order valence-corrected chi connectivity index (χ2v) is 7.56. The molecule has 1 atom stereocenters. The quantitative estimate of drug-likeness (QED) is 0.722. The van der Waals surface area contributed by atoms with E-state index in [1.165, 1.54) is 6.33 Å². The Balaban J connectivity index is 1.67. The molecular formula is C21H14ClN3O3. The average molecular weight is 392 g/mol. The molecule has 2 heterocycles. The Kier molecular flexibility index (Phi) is 3.54. The van der Waals surface area contributed by atoms with Crippen LogP contribution in [-0.4, -0.2) is 27.0 Å². The normalized spacial score (nSPS) is 19.8. The second-order valence-electron chi connectivity index (χ2n) is 7.12. The van der Waals surface area contributed by atoms with E-state index in [2.05, 4.69) is 9.97 Å². The van der Waals surface area contributed by atoms with E-state index in [4.69, 9.17) is 11.6 Å². The van der Waals surface area contributed by atoms with E-state index >= 15 is 0 Å². The van der Waals surface area contributed by atoms with Crippen molar-refractivity contribution in [3.8, 4) is 0 Å². The minimum absolute atomic E-state index is 0.0763. The van der Waals surface area contributed by atoms with Gasteiger partial charge in [-0.2, -0.15) is 0 Å². The zero-order valence-corrected chi connectivity index (χ0v) is 15.3. The first-order chi connectivity index (χ1) is 13.5. The summed E-state index contributed by atoms with van der Waals surface area (Å²) in [5, 5.41) is 9.84. The van der Waals surface area contributed by atoms with Crippen molar-refractivity contribution in [2.24, 2.45) is 0 Å². The van der Waals surface area contributed by atoms with Crippen LogP contribution in [-0.2, 0) is 23.1 Å². The highest BCUT2D eigenvalue weighted by Gasteiger charge is 2.54. The Bertz CT molecular complexity index is 1150. The topological polar surface area (TPSA) is 83.4 Å². The first-order valence-corrected chi connectivity index (χ1v) is 9.12. The zero-order valence-electron chi connectivity index (χ0n) is 14.6. The number of hydrogen-bond donors (Lipinski definition) is 1. The molecule has 28 heavy (non-hydrogen) atoms. The molecule has 2 aliphatic rings. The molecular weight excluding hydrogens is 378 g/mol. The van der Waals surface area contributed by atoms with Crippen molar-refractivity contribution in [1.29, 1.82) is 0 Å². The molecule has 0 fully saturated rings. The summed E-state index contributed by atoms with van der Waals surface area (Å²) < 4.78 is 0. The lowest BCUT2D eigenvalue weighted by atomic mass is 9.79. The van der Waals surface area contributed by atoms with Gasteiger partial charge >= 0.3 is 5.97 Å². The standard InChI is InChI=1S/C21H14ClN3O3/c22-15-3-4-17-18(6-15)25(16-9-23-11-24-10-16)20(28)21(17)7-13-2-1-12(19(26)27)5-14(13)8-21/h1-6,9-11H,7-8H2,(H,26,27). The van der Waals surface area contributed by atoms with Crippen LogP contribution in [0.2, 0.25) is 5.02 Å². The number of aromatic nitrogens is 2. The summed E-state index contributed by atoms with van der Waals surface area (Å²) in [6.45, 7) is 0. The van der Waals surface area contributed by atoms with Gasteiger partial charge < -0.3 is 5.11 Å². The van der Waals surface area contributed by atoms with Gasteiger partial charge in [0, 0.05) is 5.02 Å². The molecule has 7 heteroatoms. The molecule has 3 aromatic rings. The molecule has 138 valence electrons. The third kappa shape index (κ3) is 2.28. The SMILES string of the molecule is O=C(O)c1ccc2c(c1)CC1(C2)C(=O)N(c2cncnc2)c2cc(Cl)ccc21. The largest absolute Gasteiger partial charge is 0.478 e. The molecule has 1 aromatic heterocycles. The summed E-state index contributed by atoms with van der Waals surface area (Å²) in [6.07, 6.45) is 5.57. The number of nitrogens with zero attached hydrogens (tertiary/aromatic N) is 3. The number of rotatable bonds is 2. The zero-order chi connectivity index (χ0) is 19.5. The van der Waals surface area contributed by atoms with Crippen molar-refractivity contribution < 1.29 is 14.7 Å². The van der Waals surface area contributed by atoms with Gasteiger partial charge in [-0.25, -0.2) is 14.8 Å². The lowest BCUT2D eigenvalue weighted by Gasteiger charge is -2.23. The van der Waals surface area contributed by atoms with Gasteiger partial charge in [0.1, 0.15) is 6.33 Å². The molecule has 0 radical (unpaired) electrons. The minimum Gasteiger partial charge on any atom is -0.478 e. The fourth-order valence-corrected chi connectivity index (χ4v) is 4.51. The minimum atomic E-state index is -0.975. The van der Waals surface area contributed by atoms with Crippen molar-refractivity contribution in [3.63, 3.8) is 0 Å². The Labute approximate surface area is 165 Å². The summed E-state index contributed by atoms with van der Waals surface area (Å²) in [5.74, 6) is -1.05. The number of carbonyl (C=O) groups is 2. The van der Waals surface area contributed by atoms with E-state index < -0.39 is 11.4 Å². The van der Waals surface area contributed by atoms with Crippen LogP contribution in [0, 0.1) is 0 Å². The molecule has 0 saturated carbocycles. The van der Waals surface area contributed by atoms with Gasteiger partial charge in [-0.3, -0.25) is 9.69 Å². The number of anilines is 2. The number of carbonyl (C=O) groups excluding carboxylic acids is 1. The number of benzene rings is 2. The number of aromatic carboxylic acids is 1. The first-order valence-electron chi connectivity index (χ1n) is 8.74. The van der Waals surface area contributed by atoms with Crippen LogP contribution in [0.25, 0.3) is 0 Å². The molecule has 1 spiro atoms. The molecule has 0 bridgehead atoms. The lowest BCUT2D eigenvalue weighted by Crippen LogP contribution is -2.39. The molecule has 1 aliphatic carbocycles. The van der Waals surface area contributed by atoms with Crippen molar-refractivity contribution in [2.75, 3.05) is 4.90 Å². The second kappa shape index (κ2) is 5.87. The van der Waals surface area contributed by atoms with Gasteiger partial charge in [0.25, 0.3) is 0 Å². The van der Waals surface area contributed by atoms with E-state index in [-0.39, 0.29) is 11.5 Å². The van der Waals surface area contributed by atoms with Crippen LogP contribution in [0.15, 0.2) is 55.1 Å². The average Bonchev–Trinajstić information content (AvgIpc) is 3.18. The maximum absolute atomic E-state index is 13.7. The van der Waals surface area contributed by atoms with Gasteiger partial charge in [0.2, 0.25) is 5.91 Å². The summed E-state index contributed by atoms with van der Waals surface area (Å²) in [7, 11) is 0. The Morgan fingerprint density at radius 3 is 2.57 bits per heavy atom. The third-order valence-electron chi connectivity index (χ3n) is 5.57. The fourth-order valence-electron chi connectivity index (χ4n) is 4.35. The van der Waals surface area contributed by atoms with Crippen LogP contribution < -0.4 is 4.90 Å². The number of hydrogen-bond acceptors (Lipinski definition) is 4. The smallest absolute Gasteiger partial charge is 0.335 e. The van der Waals surface area contributed by atoms with Gasteiger partial charge in [-0.15, -0.1) is 0 Å². The van der Waals surface area contributed by atoms with Crippen LogP contribution in [0.4, 0.5) is 11.4 Å². The van der Waals surface area contributed by atoms with Crippen molar-refractivity contribution in [3.05, 3.63) is 82.4 Å². The van der Waals surface area contributed by atoms with Crippen LogP contribution in [0.5, 0.6) is 0 Å². The molecule has 1 unspecified atom stereocenters. The predicted molar refractivity (Wildman–Crippen MR) is 103 cm³/mol. The molecule has 0 saturated heterocycles. The van der Waals surface area contributed by atoms with Crippen molar-refractivity contribution in [1.82, 2.24) is 9.97 Å². The van der Waals surface area contributed by atoms with Gasteiger partial charge in [0.15, 0.2) is 0 Å². The predicted octanol–water partition coefficient (Wildman–Crippen LogP) is 3.54. The summed E-state index contributed by atoms with van der Waals surface area (Å²) in [4.78, 5) is 34.7. The highest BCUT2D eigenvalue weighted by molar-refractivity contribution is 6.31. The summed E-state index contributed by atoms with van der Waals surface area (Å²) in [6, 6.07) is 10.5.